The van der Waals surface area contributed by atoms with Gasteiger partial charge in [-0.3, -0.25) is 9.69 Å². The van der Waals surface area contributed by atoms with Gasteiger partial charge in [0.2, 0.25) is 5.91 Å². The Morgan fingerprint density at radius 1 is 1.45 bits per heavy atom. The SMILES string of the molecule is CC(O)CCN(C)C(C)C(=O)Nc1cccc(CN)c1. The summed E-state index contributed by atoms with van der Waals surface area (Å²) in [5, 5.41) is 12.2. The third-order valence-electron chi connectivity index (χ3n) is 3.37. The van der Waals surface area contributed by atoms with Crippen LogP contribution < -0.4 is 11.1 Å². The molecule has 5 nitrogen and oxygen atoms in total. The fourth-order valence-electron chi connectivity index (χ4n) is 1.81. The van der Waals surface area contributed by atoms with Gasteiger partial charge in [-0.25, -0.2) is 0 Å². The van der Waals surface area contributed by atoms with Gasteiger partial charge in [-0.05, 0) is 45.0 Å². The molecule has 4 N–H and O–H groups in total. The summed E-state index contributed by atoms with van der Waals surface area (Å²) < 4.78 is 0. The number of carbonyl (C=O) groups excluding carboxylic acids is 1. The van der Waals surface area contributed by atoms with Gasteiger partial charge in [0, 0.05) is 18.8 Å². The van der Waals surface area contributed by atoms with Gasteiger partial charge < -0.3 is 16.2 Å². The molecule has 1 aromatic carbocycles. The fourth-order valence-corrected chi connectivity index (χ4v) is 1.81. The van der Waals surface area contributed by atoms with Gasteiger partial charge in [-0.15, -0.1) is 0 Å². The molecule has 0 heterocycles. The number of nitrogens with one attached hydrogen (secondary N) is 1. The van der Waals surface area contributed by atoms with Crippen LogP contribution in [0, 0.1) is 0 Å². The molecule has 20 heavy (non-hydrogen) atoms. The maximum Gasteiger partial charge on any atom is 0.241 e. The van der Waals surface area contributed by atoms with Gasteiger partial charge >= 0.3 is 0 Å². The van der Waals surface area contributed by atoms with Crippen LogP contribution in [0.2, 0.25) is 0 Å². The van der Waals surface area contributed by atoms with Crippen LogP contribution in [0.4, 0.5) is 5.69 Å². The summed E-state index contributed by atoms with van der Waals surface area (Å²) in [5.41, 5.74) is 7.32. The highest BCUT2D eigenvalue weighted by atomic mass is 16.3. The van der Waals surface area contributed by atoms with Crippen molar-refractivity contribution in [2.75, 3.05) is 18.9 Å². The molecule has 0 bridgehead atoms. The summed E-state index contributed by atoms with van der Waals surface area (Å²) >= 11 is 0. The average molecular weight is 279 g/mol. The molecular formula is C15H25N3O2. The van der Waals surface area contributed by atoms with Crippen LogP contribution in [0.15, 0.2) is 24.3 Å². The van der Waals surface area contributed by atoms with Crippen LogP contribution in [0.5, 0.6) is 0 Å². The molecule has 2 atom stereocenters. The standard InChI is InChI=1S/C15H25N3O2/c1-11(19)7-8-18(3)12(2)15(20)17-14-6-4-5-13(9-14)10-16/h4-6,9,11-12,19H,7-8,10,16H2,1-3H3,(H,17,20). The number of hydrogen-bond acceptors (Lipinski definition) is 4. The van der Waals surface area contributed by atoms with E-state index in [0.29, 0.717) is 19.5 Å². The van der Waals surface area contributed by atoms with Gasteiger partial charge in [0.05, 0.1) is 12.1 Å². The second-order valence-electron chi connectivity index (χ2n) is 5.19. The molecule has 0 radical (unpaired) electrons. The van der Waals surface area contributed by atoms with Crippen LogP contribution in [0.3, 0.4) is 0 Å². The summed E-state index contributed by atoms with van der Waals surface area (Å²) in [4.78, 5) is 14.1. The van der Waals surface area contributed by atoms with E-state index in [2.05, 4.69) is 5.32 Å². The molecule has 0 saturated heterocycles. The van der Waals surface area contributed by atoms with Crippen molar-refractivity contribution in [3.8, 4) is 0 Å². The lowest BCUT2D eigenvalue weighted by Crippen LogP contribution is -2.40. The van der Waals surface area contributed by atoms with Crippen LogP contribution in [-0.2, 0) is 11.3 Å². The van der Waals surface area contributed by atoms with E-state index in [9.17, 15) is 9.90 Å². The first-order valence-corrected chi connectivity index (χ1v) is 6.92. The molecule has 1 aromatic rings. The van der Waals surface area contributed by atoms with Crippen LogP contribution >= 0.6 is 0 Å². The normalized spacial score (nSPS) is 14.1. The van der Waals surface area contributed by atoms with E-state index in [-0.39, 0.29) is 18.1 Å². The molecule has 0 fully saturated rings. The molecule has 0 saturated carbocycles. The maximum atomic E-state index is 12.2. The topological polar surface area (TPSA) is 78.6 Å². The van der Waals surface area contributed by atoms with Crippen molar-refractivity contribution in [2.24, 2.45) is 5.73 Å². The van der Waals surface area contributed by atoms with Crippen molar-refractivity contribution in [2.45, 2.75) is 39.0 Å². The molecule has 1 amide bonds. The number of hydrogen-bond donors (Lipinski definition) is 3. The zero-order valence-electron chi connectivity index (χ0n) is 12.5. The number of carbonyl (C=O) groups is 1. The number of aliphatic hydroxyl groups is 1. The van der Waals surface area contributed by atoms with E-state index in [1.54, 1.807) is 6.92 Å². The highest BCUT2D eigenvalue weighted by Gasteiger charge is 2.18. The minimum atomic E-state index is -0.353. The Morgan fingerprint density at radius 3 is 2.75 bits per heavy atom. The first-order valence-electron chi connectivity index (χ1n) is 6.92. The van der Waals surface area contributed by atoms with Gasteiger partial charge in [0.15, 0.2) is 0 Å². The van der Waals surface area contributed by atoms with Crippen molar-refractivity contribution >= 4 is 11.6 Å². The Labute approximate surface area is 120 Å². The molecule has 0 aliphatic carbocycles. The van der Waals surface area contributed by atoms with Crippen molar-refractivity contribution in [1.82, 2.24) is 4.90 Å². The predicted octanol–water partition coefficient (Wildman–Crippen LogP) is 1.17. The van der Waals surface area contributed by atoms with Gasteiger partial charge in [0.1, 0.15) is 0 Å². The Balaban J connectivity index is 2.56. The summed E-state index contributed by atoms with van der Waals surface area (Å²) in [7, 11) is 1.88. The molecule has 0 aliphatic rings. The van der Waals surface area contributed by atoms with E-state index < -0.39 is 0 Å². The highest BCUT2D eigenvalue weighted by molar-refractivity contribution is 5.94. The van der Waals surface area contributed by atoms with E-state index in [1.807, 2.05) is 43.1 Å². The molecule has 2 unspecified atom stereocenters. The average Bonchev–Trinajstić information content (AvgIpc) is 2.43. The summed E-state index contributed by atoms with van der Waals surface area (Å²) in [6, 6.07) is 7.27. The van der Waals surface area contributed by atoms with Crippen molar-refractivity contribution in [1.29, 1.82) is 0 Å². The van der Waals surface area contributed by atoms with Gasteiger partial charge in [-0.2, -0.15) is 0 Å². The molecule has 0 aromatic heterocycles. The number of rotatable bonds is 7. The van der Waals surface area contributed by atoms with Crippen LogP contribution in [0.1, 0.15) is 25.8 Å². The Bertz CT molecular complexity index is 435. The number of nitrogens with two attached hydrogens (primary N) is 1. The molecule has 0 aliphatic heterocycles. The molecule has 0 spiro atoms. The lowest BCUT2D eigenvalue weighted by atomic mass is 10.2. The second-order valence-corrected chi connectivity index (χ2v) is 5.19. The van der Waals surface area contributed by atoms with Gasteiger partial charge in [0.25, 0.3) is 0 Å². The number of anilines is 1. The first kappa shape index (κ1) is 16.6. The Hall–Kier alpha value is -1.43. The van der Waals surface area contributed by atoms with E-state index >= 15 is 0 Å². The maximum absolute atomic E-state index is 12.2. The number of nitrogens with zero attached hydrogens (tertiary/aromatic N) is 1. The Kier molecular flexibility index (Phi) is 6.64. The lowest BCUT2D eigenvalue weighted by Gasteiger charge is -2.24. The Morgan fingerprint density at radius 2 is 2.15 bits per heavy atom. The monoisotopic (exact) mass is 279 g/mol. The van der Waals surface area contributed by atoms with Crippen LogP contribution in [-0.4, -0.2) is 41.7 Å². The highest BCUT2D eigenvalue weighted by Crippen LogP contribution is 2.11. The fraction of sp³-hybridized carbons (Fsp3) is 0.533. The quantitative estimate of drug-likeness (QED) is 0.700. The largest absolute Gasteiger partial charge is 0.393 e. The number of amides is 1. The van der Waals surface area contributed by atoms with Crippen molar-refractivity contribution < 1.29 is 9.90 Å². The molecule has 5 heteroatoms. The van der Waals surface area contributed by atoms with E-state index in [1.165, 1.54) is 0 Å². The van der Waals surface area contributed by atoms with E-state index in [4.69, 9.17) is 5.73 Å². The minimum absolute atomic E-state index is 0.0627. The number of likely N-dealkylation sites (N-methyl/N-ethyl adjacent to an activating group) is 1. The summed E-state index contributed by atoms with van der Waals surface area (Å²) in [6.45, 7) is 4.73. The molecule has 112 valence electrons. The summed E-state index contributed by atoms with van der Waals surface area (Å²) in [5.74, 6) is -0.0627. The van der Waals surface area contributed by atoms with Crippen molar-refractivity contribution in [3.63, 3.8) is 0 Å². The smallest absolute Gasteiger partial charge is 0.241 e. The number of benzene rings is 1. The predicted molar refractivity (Wildman–Crippen MR) is 81.4 cm³/mol. The third-order valence-corrected chi connectivity index (χ3v) is 3.37. The second kappa shape index (κ2) is 7.99. The minimum Gasteiger partial charge on any atom is -0.393 e. The number of aliphatic hydroxyl groups excluding tert-OH is 1. The zero-order chi connectivity index (χ0) is 15.1. The zero-order valence-corrected chi connectivity index (χ0v) is 12.5. The lowest BCUT2D eigenvalue weighted by molar-refractivity contribution is -0.120. The third kappa shape index (κ3) is 5.28. The molecular weight excluding hydrogens is 254 g/mol. The summed E-state index contributed by atoms with van der Waals surface area (Å²) in [6.07, 6.45) is 0.297. The molecule has 1 rings (SSSR count). The van der Waals surface area contributed by atoms with Crippen molar-refractivity contribution in [3.05, 3.63) is 29.8 Å². The van der Waals surface area contributed by atoms with Gasteiger partial charge in [-0.1, -0.05) is 12.1 Å². The van der Waals surface area contributed by atoms with E-state index in [0.717, 1.165) is 11.3 Å². The first-order chi connectivity index (χ1) is 9.43. The van der Waals surface area contributed by atoms with Crippen LogP contribution in [0.25, 0.3) is 0 Å².